The number of nitrogens with zero attached hydrogens (tertiary/aromatic N) is 3. The Morgan fingerprint density at radius 2 is 2.00 bits per heavy atom. The van der Waals surface area contributed by atoms with Gasteiger partial charge in [0.1, 0.15) is 11.4 Å². The summed E-state index contributed by atoms with van der Waals surface area (Å²) in [6.07, 6.45) is 4.01. The molecule has 1 unspecified atom stereocenters. The fourth-order valence-corrected chi connectivity index (χ4v) is 3.09. The molecule has 0 aliphatic carbocycles. The van der Waals surface area contributed by atoms with Crippen molar-refractivity contribution in [2.75, 3.05) is 19.6 Å². The number of hydrogen-bond donors (Lipinski definition) is 3. The highest BCUT2D eigenvalue weighted by Crippen LogP contribution is 2.25. The number of benzene rings is 2. The molecule has 0 aliphatic rings. The largest absolute Gasteiger partial charge is 0.454 e. The maximum atomic E-state index is 14.4. The summed E-state index contributed by atoms with van der Waals surface area (Å²) in [5, 5.41) is 21.2. The van der Waals surface area contributed by atoms with Crippen LogP contribution in [0.1, 0.15) is 25.0 Å². The maximum Gasteiger partial charge on any atom is 0.191 e. The third kappa shape index (κ3) is 6.55. The van der Waals surface area contributed by atoms with Crippen LogP contribution < -0.4 is 15.4 Å². The summed E-state index contributed by atoms with van der Waals surface area (Å²) in [6.45, 7) is 5.09. The zero-order valence-corrected chi connectivity index (χ0v) is 18.7. The van der Waals surface area contributed by atoms with Crippen molar-refractivity contribution in [3.63, 3.8) is 0 Å². The minimum absolute atomic E-state index is 0.175. The van der Waals surface area contributed by atoms with Crippen LogP contribution in [0.3, 0.4) is 0 Å². The SMILES string of the molecule is CCNC(=NCC(C)(O)c1cnn(C)c1)NCCc1ccc(Oc2ccccc2)c(F)c1. The molecule has 1 aromatic heterocycles. The quantitative estimate of drug-likeness (QED) is 0.352. The Morgan fingerprint density at radius 1 is 1.22 bits per heavy atom. The van der Waals surface area contributed by atoms with E-state index >= 15 is 0 Å². The molecule has 2 aromatic carbocycles. The molecule has 32 heavy (non-hydrogen) atoms. The van der Waals surface area contributed by atoms with Crippen molar-refractivity contribution < 1.29 is 14.2 Å². The number of hydrogen-bond acceptors (Lipinski definition) is 4. The van der Waals surface area contributed by atoms with Crippen LogP contribution in [0.2, 0.25) is 0 Å². The third-order valence-electron chi connectivity index (χ3n) is 4.89. The molecule has 3 N–H and O–H groups in total. The number of aromatic nitrogens is 2. The van der Waals surface area contributed by atoms with Gasteiger partial charge < -0.3 is 20.5 Å². The van der Waals surface area contributed by atoms with E-state index in [0.29, 0.717) is 36.8 Å². The lowest BCUT2D eigenvalue weighted by Crippen LogP contribution is -2.39. The first-order chi connectivity index (χ1) is 15.4. The van der Waals surface area contributed by atoms with E-state index < -0.39 is 11.4 Å². The van der Waals surface area contributed by atoms with E-state index in [2.05, 4.69) is 20.7 Å². The first kappa shape index (κ1) is 23.3. The fourth-order valence-electron chi connectivity index (χ4n) is 3.09. The van der Waals surface area contributed by atoms with E-state index in [4.69, 9.17) is 4.74 Å². The zero-order valence-electron chi connectivity index (χ0n) is 18.7. The number of guanidine groups is 1. The molecule has 0 amide bonds. The van der Waals surface area contributed by atoms with E-state index in [1.54, 1.807) is 49.2 Å². The Bertz CT molecular complexity index is 1030. The van der Waals surface area contributed by atoms with Gasteiger partial charge in [0.25, 0.3) is 0 Å². The lowest BCUT2D eigenvalue weighted by atomic mass is 10.0. The molecule has 3 rings (SSSR count). The molecule has 0 fully saturated rings. The van der Waals surface area contributed by atoms with Crippen molar-refractivity contribution >= 4 is 5.96 Å². The molecular formula is C24H30FN5O2. The molecule has 0 saturated heterocycles. The Morgan fingerprint density at radius 3 is 2.66 bits per heavy atom. The molecule has 0 saturated carbocycles. The number of ether oxygens (including phenoxy) is 1. The second-order valence-corrected chi connectivity index (χ2v) is 7.73. The smallest absolute Gasteiger partial charge is 0.191 e. The summed E-state index contributed by atoms with van der Waals surface area (Å²) in [6, 6.07) is 14.1. The molecule has 0 spiro atoms. The van der Waals surface area contributed by atoms with Crippen LogP contribution >= 0.6 is 0 Å². The second-order valence-electron chi connectivity index (χ2n) is 7.73. The molecule has 0 bridgehead atoms. The number of halogens is 1. The summed E-state index contributed by atoms with van der Waals surface area (Å²) in [4.78, 5) is 4.49. The molecule has 0 radical (unpaired) electrons. The molecule has 170 valence electrons. The molecule has 0 aliphatic heterocycles. The second kappa shape index (κ2) is 10.8. The van der Waals surface area contributed by atoms with E-state index in [1.165, 1.54) is 6.07 Å². The lowest BCUT2D eigenvalue weighted by Gasteiger charge is -2.20. The number of aryl methyl sites for hydroxylation is 1. The first-order valence-electron chi connectivity index (χ1n) is 10.6. The average Bonchev–Trinajstić information content (AvgIpc) is 3.22. The number of para-hydroxylation sites is 1. The standard InChI is InChI=1S/C24H30FN5O2/c1-4-26-23(28-17-24(2,31)19-15-29-30(3)16-19)27-13-12-18-10-11-22(21(25)14-18)32-20-8-6-5-7-9-20/h5-11,14-16,31H,4,12-13,17H2,1-3H3,(H2,26,27,28). The normalized spacial score (nSPS) is 13.5. The van der Waals surface area contributed by atoms with Gasteiger partial charge in [0.05, 0.1) is 12.7 Å². The highest BCUT2D eigenvalue weighted by Gasteiger charge is 2.24. The van der Waals surface area contributed by atoms with Gasteiger partial charge in [0.2, 0.25) is 0 Å². The fraction of sp³-hybridized carbons (Fsp3) is 0.333. The van der Waals surface area contributed by atoms with Gasteiger partial charge in [0, 0.05) is 31.9 Å². The summed E-state index contributed by atoms with van der Waals surface area (Å²) in [5.41, 5.74) is 0.412. The van der Waals surface area contributed by atoms with Gasteiger partial charge in [-0.1, -0.05) is 24.3 Å². The third-order valence-corrected chi connectivity index (χ3v) is 4.89. The van der Waals surface area contributed by atoms with Crippen molar-refractivity contribution in [3.8, 4) is 11.5 Å². The van der Waals surface area contributed by atoms with Crippen molar-refractivity contribution in [1.82, 2.24) is 20.4 Å². The Kier molecular flexibility index (Phi) is 7.83. The van der Waals surface area contributed by atoms with E-state index in [9.17, 15) is 9.50 Å². The van der Waals surface area contributed by atoms with Crippen molar-refractivity contribution in [2.24, 2.45) is 12.0 Å². The highest BCUT2D eigenvalue weighted by atomic mass is 19.1. The van der Waals surface area contributed by atoms with Crippen LogP contribution in [0.25, 0.3) is 0 Å². The molecule has 7 nitrogen and oxygen atoms in total. The van der Waals surface area contributed by atoms with E-state index in [-0.39, 0.29) is 12.3 Å². The van der Waals surface area contributed by atoms with E-state index in [0.717, 1.165) is 5.56 Å². The summed E-state index contributed by atoms with van der Waals surface area (Å²) in [7, 11) is 1.80. The molecule has 1 heterocycles. The van der Waals surface area contributed by atoms with Crippen LogP contribution in [-0.2, 0) is 19.1 Å². The number of nitrogens with one attached hydrogen (secondary N) is 2. The molecule has 3 aromatic rings. The lowest BCUT2D eigenvalue weighted by molar-refractivity contribution is 0.0672. The average molecular weight is 440 g/mol. The zero-order chi connectivity index (χ0) is 23.0. The van der Waals surface area contributed by atoms with Gasteiger partial charge in [-0.2, -0.15) is 5.10 Å². The van der Waals surface area contributed by atoms with Gasteiger partial charge in [-0.3, -0.25) is 4.68 Å². The Labute approximate surface area is 188 Å². The predicted molar refractivity (Wildman–Crippen MR) is 123 cm³/mol. The predicted octanol–water partition coefficient (Wildman–Crippen LogP) is 3.36. The van der Waals surface area contributed by atoms with Crippen molar-refractivity contribution in [1.29, 1.82) is 0 Å². The van der Waals surface area contributed by atoms with Gasteiger partial charge in [-0.05, 0) is 50.1 Å². The summed E-state index contributed by atoms with van der Waals surface area (Å²) in [5.74, 6) is 0.968. The monoisotopic (exact) mass is 439 g/mol. The maximum absolute atomic E-state index is 14.4. The van der Waals surface area contributed by atoms with Crippen LogP contribution in [0.4, 0.5) is 4.39 Å². The van der Waals surface area contributed by atoms with E-state index in [1.807, 2.05) is 31.2 Å². The van der Waals surface area contributed by atoms with Crippen LogP contribution in [-0.4, -0.2) is 40.5 Å². The number of aliphatic hydroxyl groups is 1. The van der Waals surface area contributed by atoms with Crippen molar-refractivity contribution in [2.45, 2.75) is 25.9 Å². The summed E-state index contributed by atoms with van der Waals surface area (Å²) < 4.78 is 21.7. The van der Waals surface area contributed by atoms with Crippen LogP contribution in [0.15, 0.2) is 65.9 Å². The molecule has 8 heteroatoms. The first-order valence-corrected chi connectivity index (χ1v) is 10.6. The van der Waals surface area contributed by atoms with Gasteiger partial charge in [0.15, 0.2) is 17.5 Å². The summed E-state index contributed by atoms with van der Waals surface area (Å²) >= 11 is 0. The number of aliphatic imine (C=N–C) groups is 1. The topological polar surface area (TPSA) is 83.7 Å². The Hall–Kier alpha value is -3.39. The minimum atomic E-state index is -1.13. The van der Waals surface area contributed by atoms with Crippen molar-refractivity contribution in [3.05, 3.63) is 77.9 Å². The molecular weight excluding hydrogens is 409 g/mol. The number of rotatable bonds is 9. The Balaban J connectivity index is 1.55. The highest BCUT2D eigenvalue weighted by molar-refractivity contribution is 5.79. The van der Waals surface area contributed by atoms with Gasteiger partial charge in [-0.25, -0.2) is 9.38 Å². The minimum Gasteiger partial charge on any atom is -0.454 e. The molecule has 1 atom stereocenters. The van der Waals surface area contributed by atoms with Gasteiger partial charge >= 0.3 is 0 Å². The van der Waals surface area contributed by atoms with Gasteiger partial charge in [-0.15, -0.1) is 0 Å². The van der Waals surface area contributed by atoms with Crippen LogP contribution in [0, 0.1) is 5.82 Å². The van der Waals surface area contributed by atoms with Crippen LogP contribution in [0.5, 0.6) is 11.5 Å².